The second-order valence-corrected chi connectivity index (χ2v) is 6.70. The number of hydrogen-bond acceptors (Lipinski definition) is 4. The molecule has 0 saturated carbocycles. The number of methoxy groups -OCH3 is 1. The summed E-state index contributed by atoms with van der Waals surface area (Å²) in [5, 5.41) is 3.97. The minimum atomic E-state index is 0.126. The summed E-state index contributed by atoms with van der Waals surface area (Å²) in [6.07, 6.45) is 4.72. The van der Waals surface area contributed by atoms with E-state index in [1.807, 2.05) is 30.9 Å². The molecule has 2 aromatic rings. The fourth-order valence-electron chi connectivity index (χ4n) is 3.59. The minimum absolute atomic E-state index is 0.126. The van der Waals surface area contributed by atoms with Gasteiger partial charge < -0.3 is 14.2 Å². The minimum Gasteiger partial charge on any atom is -0.497 e. The third-order valence-electron chi connectivity index (χ3n) is 5.08. The van der Waals surface area contributed by atoms with Crippen LogP contribution in [0.2, 0.25) is 0 Å². The molecule has 134 valence electrons. The van der Waals surface area contributed by atoms with Crippen LogP contribution in [0, 0.1) is 13.8 Å². The average molecular weight is 342 g/mol. The lowest BCUT2D eigenvalue weighted by Gasteiger charge is -2.30. The zero-order valence-electron chi connectivity index (χ0n) is 15.2. The molecular formula is C20H26N2O3. The summed E-state index contributed by atoms with van der Waals surface area (Å²) in [4.78, 5) is 15.1. The summed E-state index contributed by atoms with van der Waals surface area (Å²) in [5.41, 5.74) is 2.90. The first-order chi connectivity index (χ1) is 12.1. The first kappa shape index (κ1) is 17.5. The summed E-state index contributed by atoms with van der Waals surface area (Å²) in [5.74, 6) is 1.73. The maximum atomic E-state index is 13.1. The SMILES string of the molecule is COc1ccc([C@@H]2CCCCCN2C(=O)Cc2c(C)noc2C)cc1. The molecule has 0 aliphatic carbocycles. The van der Waals surface area contributed by atoms with E-state index in [-0.39, 0.29) is 11.9 Å². The molecule has 25 heavy (non-hydrogen) atoms. The second kappa shape index (κ2) is 7.72. The molecule has 1 amide bonds. The van der Waals surface area contributed by atoms with E-state index < -0.39 is 0 Å². The van der Waals surface area contributed by atoms with Crippen molar-refractivity contribution in [3.8, 4) is 5.75 Å². The Bertz CT molecular complexity index is 702. The number of carbonyl (C=O) groups excluding carboxylic acids is 1. The summed E-state index contributed by atoms with van der Waals surface area (Å²) in [6, 6.07) is 8.21. The molecule has 0 N–H and O–H groups in total. The van der Waals surface area contributed by atoms with Crippen LogP contribution in [0.4, 0.5) is 0 Å². The Morgan fingerprint density at radius 1 is 1.24 bits per heavy atom. The van der Waals surface area contributed by atoms with Crippen LogP contribution in [-0.2, 0) is 11.2 Å². The van der Waals surface area contributed by atoms with Crippen LogP contribution in [-0.4, -0.2) is 29.6 Å². The van der Waals surface area contributed by atoms with Crippen molar-refractivity contribution in [2.75, 3.05) is 13.7 Å². The molecule has 1 aliphatic rings. The largest absolute Gasteiger partial charge is 0.497 e. The number of likely N-dealkylation sites (tertiary alicyclic amines) is 1. The van der Waals surface area contributed by atoms with E-state index in [0.717, 1.165) is 48.6 Å². The number of rotatable bonds is 4. The van der Waals surface area contributed by atoms with E-state index in [2.05, 4.69) is 17.3 Å². The highest BCUT2D eigenvalue weighted by Gasteiger charge is 2.28. The first-order valence-corrected chi connectivity index (χ1v) is 8.95. The molecule has 1 fully saturated rings. The zero-order valence-corrected chi connectivity index (χ0v) is 15.2. The fourth-order valence-corrected chi connectivity index (χ4v) is 3.59. The topological polar surface area (TPSA) is 55.6 Å². The van der Waals surface area contributed by atoms with Crippen LogP contribution >= 0.6 is 0 Å². The predicted molar refractivity (Wildman–Crippen MR) is 95.6 cm³/mol. The third kappa shape index (κ3) is 3.86. The van der Waals surface area contributed by atoms with Gasteiger partial charge in [-0.05, 0) is 44.4 Å². The van der Waals surface area contributed by atoms with Crippen molar-refractivity contribution in [2.45, 2.75) is 52.0 Å². The van der Waals surface area contributed by atoms with Gasteiger partial charge in [-0.25, -0.2) is 0 Å². The molecule has 5 heteroatoms. The molecule has 0 radical (unpaired) electrons. The van der Waals surface area contributed by atoms with E-state index in [4.69, 9.17) is 9.26 Å². The Morgan fingerprint density at radius 3 is 2.64 bits per heavy atom. The lowest BCUT2D eigenvalue weighted by Crippen LogP contribution is -2.36. The van der Waals surface area contributed by atoms with Crippen molar-refractivity contribution in [3.63, 3.8) is 0 Å². The average Bonchev–Trinajstić information content (AvgIpc) is 2.83. The highest BCUT2D eigenvalue weighted by atomic mass is 16.5. The van der Waals surface area contributed by atoms with Crippen LogP contribution in [0.1, 0.15) is 54.3 Å². The molecule has 1 aromatic carbocycles. The Hall–Kier alpha value is -2.30. The molecule has 0 spiro atoms. The number of carbonyl (C=O) groups is 1. The molecular weight excluding hydrogens is 316 g/mol. The van der Waals surface area contributed by atoms with Crippen LogP contribution in [0.15, 0.2) is 28.8 Å². The molecule has 1 aromatic heterocycles. The van der Waals surface area contributed by atoms with Gasteiger partial charge in [-0.15, -0.1) is 0 Å². The zero-order chi connectivity index (χ0) is 17.8. The first-order valence-electron chi connectivity index (χ1n) is 8.95. The number of aryl methyl sites for hydroxylation is 2. The quantitative estimate of drug-likeness (QED) is 0.843. The highest BCUT2D eigenvalue weighted by Crippen LogP contribution is 2.32. The third-order valence-corrected chi connectivity index (χ3v) is 5.08. The van der Waals surface area contributed by atoms with Gasteiger partial charge in [0, 0.05) is 12.1 Å². The van der Waals surface area contributed by atoms with Crippen molar-refractivity contribution in [2.24, 2.45) is 0 Å². The van der Waals surface area contributed by atoms with Gasteiger partial charge in [0.25, 0.3) is 0 Å². The highest BCUT2D eigenvalue weighted by molar-refractivity contribution is 5.79. The van der Waals surface area contributed by atoms with Crippen molar-refractivity contribution < 1.29 is 14.1 Å². The Morgan fingerprint density at radius 2 is 2.00 bits per heavy atom. The van der Waals surface area contributed by atoms with Crippen molar-refractivity contribution in [1.82, 2.24) is 10.1 Å². The molecule has 5 nitrogen and oxygen atoms in total. The van der Waals surface area contributed by atoms with E-state index >= 15 is 0 Å². The second-order valence-electron chi connectivity index (χ2n) is 6.70. The lowest BCUT2D eigenvalue weighted by molar-refractivity contribution is -0.133. The molecule has 3 rings (SSSR count). The number of nitrogens with zero attached hydrogens (tertiary/aromatic N) is 2. The Labute approximate surface area is 148 Å². The fraction of sp³-hybridized carbons (Fsp3) is 0.500. The molecule has 0 unspecified atom stereocenters. The number of aromatic nitrogens is 1. The van der Waals surface area contributed by atoms with Crippen molar-refractivity contribution in [3.05, 3.63) is 46.8 Å². The van der Waals surface area contributed by atoms with Crippen molar-refractivity contribution >= 4 is 5.91 Å². The number of ether oxygens (including phenoxy) is 1. The standard InChI is InChI=1S/C20H26N2O3/c1-14-18(15(2)25-21-14)13-20(23)22-12-6-4-5-7-19(22)16-8-10-17(24-3)11-9-16/h8-11,19H,4-7,12-13H2,1-3H3/t19-/m0/s1. The lowest BCUT2D eigenvalue weighted by atomic mass is 9.99. The van der Waals surface area contributed by atoms with Gasteiger partial charge in [-0.1, -0.05) is 30.1 Å². The Balaban J connectivity index is 1.83. The number of hydrogen-bond donors (Lipinski definition) is 0. The summed E-state index contributed by atoms with van der Waals surface area (Å²) in [6.45, 7) is 4.56. The van der Waals surface area contributed by atoms with E-state index in [1.165, 1.54) is 12.0 Å². The summed E-state index contributed by atoms with van der Waals surface area (Å²) < 4.78 is 10.5. The van der Waals surface area contributed by atoms with Gasteiger partial charge in [0.2, 0.25) is 5.91 Å². The summed E-state index contributed by atoms with van der Waals surface area (Å²) in [7, 11) is 1.67. The van der Waals surface area contributed by atoms with E-state index in [9.17, 15) is 4.79 Å². The van der Waals surface area contributed by atoms with Gasteiger partial charge in [0.15, 0.2) is 0 Å². The van der Waals surface area contributed by atoms with Crippen LogP contribution < -0.4 is 4.74 Å². The molecule has 1 atom stereocenters. The maximum Gasteiger partial charge on any atom is 0.227 e. The molecule has 0 bridgehead atoms. The van der Waals surface area contributed by atoms with Gasteiger partial charge in [-0.3, -0.25) is 4.79 Å². The van der Waals surface area contributed by atoms with Crippen molar-refractivity contribution in [1.29, 1.82) is 0 Å². The molecule has 1 saturated heterocycles. The van der Waals surface area contributed by atoms with Gasteiger partial charge in [0.05, 0.1) is 25.3 Å². The Kier molecular flexibility index (Phi) is 5.41. The molecule has 1 aliphatic heterocycles. The normalized spacial score (nSPS) is 18.0. The van der Waals surface area contributed by atoms with Crippen LogP contribution in [0.3, 0.4) is 0 Å². The smallest absolute Gasteiger partial charge is 0.227 e. The van der Waals surface area contributed by atoms with E-state index in [0.29, 0.717) is 6.42 Å². The summed E-state index contributed by atoms with van der Waals surface area (Å²) >= 11 is 0. The van der Waals surface area contributed by atoms with Gasteiger partial charge in [-0.2, -0.15) is 0 Å². The monoisotopic (exact) mass is 342 g/mol. The number of benzene rings is 1. The van der Waals surface area contributed by atoms with Gasteiger partial charge in [0.1, 0.15) is 11.5 Å². The maximum absolute atomic E-state index is 13.1. The molecule has 2 heterocycles. The number of amides is 1. The van der Waals surface area contributed by atoms with E-state index in [1.54, 1.807) is 7.11 Å². The van der Waals surface area contributed by atoms with Gasteiger partial charge >= 0.3 is 0 Å². The predicted octanol–water partition coefficient (Wildman–Crippen LogP) is 3.99. The van der Waals surface area contributed by atoms with Crippen LogP contribution in [0.25, 0.3) is 0 Å². The van der Waals surface area contributed by atoms with Crippen LogP contribution in [0.5, 0.6) is 5.75 Å².